The van der Waals surface area contributed by atoms with Gasteiger partial charge in [-0.25, -0.2) is 0 Å². The first kappa shape index (κ1) is 13.1. The summed E-state index contributed by atoms with van der Waals surface area (Å²) >= 11 is 0. The number of ether oxygens (including phenoxy) is 1. The van der Waals surface area contributed by atoms with Crippen LogP contribution in [0.4, 0.5) is 0 Å². The fourth-order valence-corrected chi connectivity index (χ4v) is 2.80. The maximum Gasteiger partial charge on any atom is 0.385 e. The number of nitrogens with zero attached hydrogens (tertiary/aromatic N) is 1. The van der Waals surface area contributed by atoms with Gasteiger partial charge >= 0.3 is 5.72 Å². The first-order valence-electron chi connectivity index (χ1n) is 6.29. The van der Waals surface area contributed by atoms with Crippen molar-refractivity contribution in [2.24, 2.45) is 0 Å². The minimum atomic E-state index is -1.53. The minimum Gasteiger partial charge on any atom is -0.425 e. The zero-order valence-electron chi connectivity index (χ0n) is 10.7. The molecule has 1 heterocycles. The van der Waals surface area contributed by atoms with Crippen LogP contribution in [0.25, 0.3) is 10.8 Å². The number of hydrogen-bond donors (Lipinski definition) is 0. The molecule has 0 spiro atoms. The second kappa shape index (κ2) is 4.88. The summed E-state index contributed by atoms with van der Waals surface area (Å²) in [5.74, 6) is 0.592. The van der Waals surface area contributed by atoms with Crippen molar-refractivity contribution in [1.29, 1.82) is 0 Å². The van der Waals surface area contributed by atoms with Gasteiger partial charge in [-0.1, -0.05) is 36.4 Å². The number of aryl methyl sites for hydroxylation is 1. The monoisotopic (exact) mass is 286 g/mol. The molecular formula is C14H12NO4Si. The fraction of sp³-hybridized carbons (Fsp3) is 0.286. The molecule has 0 amide bonds. The molecular weight excluding hydrogens is 274 g/mol. The van der Waals surface area contributed by atoms with E-state index >= 15 is 0 Å². The van der Waals surface area contributed by atoms with Gasteiger partial charge in [0.25, 0.3) is 0 Å². The summed E-state index contributed by atoms with van der Waals surface area (Å²) in [6.07, 6.45) is 0.881. The van der Waals surface area contributed by atoms with Gasteiger partial charge in [0.05, 0.1) is 11.3 Å². The van der Waals surface area contributed by atoms with E-state index in [1.54, 1.807) is 0 Å². The van der Waals surface area contributed by atoms with Crippen molar-refractivity contribution >= 4 is 21.3 Å². The Hall–Kier alpha value is -1.92. The second-order valence-electron chi connectivity index (χ2n) is 4.87. The Labute approximate surface area is 119 Å². The van der Waals surface area contributed by atoms with Crippen molar-refractivity contribution in [1.82, 2.24) is 0 Å². The molecule has 5 nitrogen and oxygen atoms in total. The molecule has 1 unspecified atom stereocenters. The highest BCUT2D eigenvalue weighted by Crippen LogP contribution is 2.39. The molecule has 0 saturated heterocycles. The molecule has 0 N–H and O–H groups in total. The van der Waals surface area contributed by atoms with Crippen molar-refractivity contribution in [3.05, 3.63) is 52.1 Å². The molecule has 0 saturated carbocycles. The van der Waals surface area contributed by atoms with Crippen LogP contribution >= 0.6 is 0 Å². The van der Waals surface area contributed by atoms with Crippen LogP contribution < -0.4 is 4.74 Å². The molecule has 1 aliphatic heterocycles. The first-order valence-corrected chi connectivity index (χ1v) is 6.70. The molecule has 2 aromatic rings. The van der Waals surface area contributed by atoms with Crippen molar-refractivity contribution in [3.8, 4) is 5.75 Å². The summed E-state index contributed by atoms with van der Waals surface area (Å²) in [4.78, 5) is 11.0. The van der Waals surface area contributed by atoms with Gasteiger partial charge in [-0.05, 0) is 17.4 Å². The Morgan fingerprint density at radius 1 is 1.35 bits per heavy atom. The Bertz CT molecular complexity index is 675. The highest BCUT2D eigenvalue weighted by atomic mass is 28.2. The van der Waals surface area contributed by atoms with E-state index < -0.39 is 10.6 Å². The van der Waals surface area contributed by atoms with E-state index in [1.165, 1.54) is 0 Å². The molecule has 2 aromatic carbocycles. The van der Waals surface area contributed by atoms with Crippen molar-refractivity contribution < 1.29 is 14.1 Å². The van der Waals surface area contributed by atoms with Gasteiger partial charge in [0.15, 0.2) is 0 Å². The SMILES string of the molecule is O=[N+]([O-])C1(CO[Si])CCc2ccc3ccccc3c2O1. The lowest BCUT2D eigenvalue weighted by atomic mass is 9.95. The Kier molecular flexibility index (Phi) is 3.19. The largest absolute Gasteiger partial charge is 0.425 e. The summed E-state index contributed by atoms with van der Waals surface area (Å²) in [7, 11) is 2.84. The van der Waals surface area contributed by atoms with Crippen LogP contribution in [0.3, 0.4) is 0 Å². The molecule has 0 fully saturated rings. The molecule has 1 atom stereocenters. The molecule has 20 heavy (non-hydrogen) atoms. The van der Waals surface area contributed by atoms with Crippen LogP contribution in [0.2, 0.25) is 0 Å². The average molecular weight is 286 g/mol. The number of rotatable bonds is 3. The van der Waals surface area contributed by atoms with Crippen LogP contribution in [0, 0.1) is 10.1 Å². The van der Waals surface area contributed by atoms with Gasteiger partial charge in [0, 0.05) is 5.39 Å². The highest BCUT2D eigenvalue weighted by molar-refractivity contribution is 5.98. The summed E-state index contributed by atoms with van der Waals surface area (Å²) in [6, 6.07) is 11.7. The lowest BCUT2D eigenvalue weighted by Crippen LogP contribution is -2.50. The maximum absolute atomic E-state index is 11.4. The van der Waals surface area contributed by atoms with E-state index in [0.717, 1.165) is 16.3 Å². The highest BCUT2D eigenvalue weighted by Gasteiger charge is 2.48. The molecule has 3 radical (unpaired) electrons. The van der Waals surface area contributed by atoms with Gasteiger partial charge in [-0.3, -0.25) is 10.1 Å². The molecule has 0 bridgehead atoms. The fourth-order valence-electron chi connectivity index (χ4n) is 2.57. The molecule has 6 heteroatoms. The van der Waals surface area contributed by atoms with Gasteiger partial charge < -0.3 is 9.16 Å². The number of hydrogen-bond acceptors (Lipinski definition) is 4. The standard InChI is InChI=1S/C14H12NO4Si/c16-15(17)14(9-18-20)8-7-11-6-5-10-3-1-2-4-12(10)13(11)19-14/h1-6H,7-9H2. The minimum absolute atomic E-state index is 0.139. The van der Waals surface area contributed by atoms with Gasteiger partial charge in [-0.2, -0.15) is 0 Å². The van der Waals surface area contributed by atoms with Crippen molar-refractivity contribution in [2.45, 2.75) is 18.6 Å². The van der Waals surface area contributed by atoms with E-state index in [0.29, 0.717) is 12.2 Å². The number of benzene rings is 2. The third-order valence-corrected chi connectivity index (χ3v) is 3.81. The predicted octanol–water partition coefficient (Wildman–Crippen LogP) is 2.24. The summed E-state index contributed by atoms with van der Waals surface area (Å²) in [5.41, 5.74) is -0.533. The van der Waals surface area contributed by atoms with Crippen LogP contribution in [-0.4, -0.2) is 27.7 Å². The normalized spacial score (nSPS) is 21.2. The van der Waals surface area contributed by atoms with Gasteiger partial charge in [0.2, 0.25) is 10.5 Å². The summed E-state index contributed by atoms with van der Waals surface area (Å²) < 4.78 is 10.6. The van der Waals surface area contributed by atoms with Crippen LogP contribution in [0.15, 0.2) is 36.4 Å². The number of nitro groups is 1. The molecule has 101 valence electrons. The Balaban J connectivity index is 2.13. The van der Waals surface area contributed by atoms with Crippen LogP contribution in [-0.2, 0) is 10.8 Å². The van der Waals surface area contributed by atoms with Crippen LogP contribution in [0.1, 0.15) is 12.0 Å². The maximum atomic E-state index is 11.4. The van der Waals surface area contributed by atoms with E-state index in [2.05, 4.69) is 10.5 Å². The van der Waals surface area contributed by atoms with Gasteiger partial charge in [-0.15, -0.1) is 0 Å². The van der Waals surface area contributed by atoms with Crippen molar-refractivity contribution in [2.75, 3.05) is 6.61 Å². The van der Waals surface area contributed by atoms with E-state index in [-0.39, 0.29) is 13.0 Å². The Morgan fingerprint density at radius 2 is 2.15 bits per heavy atom. The first-order chi connectivity index (χ1) is 9.66. The molecule has 0 aliphatic carbocycles. The average Bonchev–Trinajstić information content (AvgIpc) is 2.47. The summed E-state index contributed by atoms with van der Waals surface area (Å²) in [6.45, 7) is -0.139. The Morgan fingerprint density at radius 3 is 2.90 bits per heavy atom. The predicted molar refractivity (Wildman–Crippen MR) is 74.3 cm³/mol. The number of fused-ring (bicyclic) bond motifs is 3. The molecule has 3 rings (SSSR count). The topological polar surface area (TPSA) is 61.6 Å². The van der Waals surface area contributed by atoms with Gasteiger partial charge in [0.1, 0.15) is 12.4 Å². The molecule has 1 aliphatic rings. The van der Waals surface area contributed by atoms with E-state index in [1.807, 2.05) is 36.4 Å². The van der Waals surface area contributed by atoms with E-state index in [9.17, 15) is 10.1 Å². The summed E-state index contributed by atoms with van der Waals surface area (Å²) in [5, 5.41) is 13.3. The van der Waals surface area contributed by atoms with E-state index in [4.69, 9.17) is 9.16 Å². The molecule has 0 aromatic heterocycles. The zero-order chi connectivity index (χ0) is 14.2. The van der Waals surface area contributed by atoms with Crippen molar-refractivity contribution in [3.63, 3.8) is 0 Å². The third kappa shape index (κ3) is 1.97. The zero-order valence-corrected chi connectivity index (χ0v) is 11.7. The second-order valence-corrected chi connectivity index (χ2v) is 5.16. The smallest absolute Gasteiger partial charge is 0.385 e. The van der Waals surface area contributed by atoms with Crippen LogP contribution in [0.5, 0.6) is 5.75 Å². The quantitative estimate of drug-likeness (QED) is 0.493. The lowest BCUT2D eigenvalue weighted by molar-refractivity contribution is -0.621. The third-order valence-electron chi connectivity index (χ3n) is 3.67. The lowest BCUT2D eigenvalue weighted by Gasteiger charge is -2.31.